The number of aromatic nitrogens is 1. The highest BCUT2D eigenvalue weighted by Gasteiger charge is 2.33. The Morgan fingerprint density at radius 3 is 2.59 bits per heavy atom. The van der Waals surface area contributed by atoms with E-state index in [1.165, 1.54) is 58.7 Å². The third kappa shape index (κ3) is 3.38. The van der Waals surface area contributed by atoms with Gasteiger partial charge in [0.05, 0.1) is 24.9 Å². The van der Waals surface area contributed by atoms with Crippen LogP contribution >= 0.6 is 23.1 Å². The van der Waals surface area contributed by atoms with E-state index in [4.69, 9.17) is 9.47 Å². The minimum absolute atomic E-state index is 0.969. The van der Waals surface area contributed by atoms with Crippen LogP contribution in [0.1, 0.15) is 35.9 Å². The van der Waals surface area contributed by atoms with Gasteiger partial charge in [-0.05, 0) is 62.1 Å². The molecule has 1 aromatic heterocycles. The molecular weight excluding hydrogens is 460 g/mol. The van der Waals surface area contributed by atoms with E-state index in [-0.39, 0.29) is 0 Å². The van der Waals surface area contributed by atoms with Crippen molar-refractivity contribution in [3.63, 3.8) is 0 Å². The van der Waals surface area contributed by atoms with Crippen LogP contribution < -0.4 is 18.9 Å². The molecule has 0 saturated carbocycles. The highest BCUT2D eigenvalue weighted by Crippen LogP contribution is 2.52. The molecular formula is C28H29N2O2S2+. The molecule has 3 aliphatic rings. The average Bonchev–Trinajstić information content (AvgIpc) is 3.56. The molecule has 4 heterocycles. The lowest BCUT2D eigenvalue weighted by Gasteiger charge is -2.15. The number of allylic oxidation sites excluding steroid dienone is 4. The molecule has 174 valence electrons. The number of thioether (sulfide) groups is 1. The van der Waals surface area contributed by atoms with Crippen LogP contribution in [0.3, 0.4) is 0 Å². The van der Waals surface area contributed by atoms with Crippen molar-refractivity contribution in [3.05, 3.63) is 68.7 Å². The lowest BCUT2D eigenvalue weighted by Crippen LogP contribution is -2.30. The van der Waals surface area contributed by atoms with Crippen LogP contribution in [0, 0.1) is 13.8 Å². The van der Waals surface area contributed by atoms with Gasteiger partial charge in [0.15, 0.2) is 6.54 Å². The summed E-state index contributed by atoms with van der Waals surface area (Å²) in [5.41, 5.74) is 9.24. The highest BCUT2D eigenvalue weighted by molar-refractivity contribution is 8.03. The number of hydrogen-bond donors (Lipinski definition) is 0. The summed E-state index contributed by atoms with van der Waals surface area (Å²) in [6, 6.07) is 8.91. The predicted octanol–water partition coefficient (Wildman–Crippen LogP) is 6.78. The number of rotatable bonds is 4. The Morgan fingerprint density at radius 2 is 1.79 bits per heavy atom. The van der Waals surface area contributed by atoms with Crippen LogP contribution in [-0.4, -0.2) is 20.8 Å². The van der Waals surface area contributed by atoms with Crippen molar-refractivity contribution in [3.8, 4) is 11.5 Å². The standard InChI is InChI=1S/C28H29N2O2S2/c1-16(10-19-6-8-29-21-12-17(2)23(31-4)14-25(21)33-27(19)29)11-20-7-9-30-22-13-18(3)24(32-5)15-26(22)34-28(20)30/h10-15H,6-9H2,1-5H3/q+1. The topological polar surface area (TPSA) is 25.6 Å². The van der Waals surface area contributed by atoms with E-state index >= 15 is 0 Å². The first kappa shape index (κ1) is 21.8. The average molecular weight is 490 g/mol. The van der Waals surface area contributed by atoms with Gasteiger partial charge in [0, 0.05) is 35.6 Å². The maximum atomic E-state index is 5.55. The number of benzene rings is 2. The Hall–Kier alpha value is -2.70. The highest BCUT2D eigenvalue weighted by atomic mass is 32.2. The van der Waals surface area contributed by atoms with Crippen molar-refractivity contribution < 1.29 is 14.0 Å². The van der Waals surface area contributed by atoms with Crippen molar-refractivity contribution in [1.29, 1.82) is 0 Å². The molecule has 0 radical (unpaired) electrons. The number of anilines is 1. The van der Waals surface area contributed by atoms with Crippen molar-refractivity contribution >= 4 is 44.6 Å². The van der Waals surface area contributed by atoms with Gasteiger partial charge in [-0.25, -0.2) is 0 Å². The van der Waals surface area contributed by atoms with Gasteiger partial charge in [-0.3, -0.25) is 0 Å². The molecule has 0 N–H and O–H groups in total. The zero-order chi connectivity index (χ0) is 23.6. The minimum Gasteiger partial charge on any atom is -0.496 e. The quantitative estimate of drug-likeness (QED) is 0.377. The van der Waals surface area contributed by atoms with Gasteiger partial charge in [0.25, 0.3) is 5.01 Å². The first-order valence-electron chi connectivity index (χ1n) is 11.7. The Kier molecular flexibility index (Phi) is 5.26. The van der Waals surface area contributed by atoms with Crippen molar-refractivity contribution in [2.45, 2.75) is 45.1 Å². The van der Waals surface area contributed by atoms with Crippen LogP contribution in [0.5, 0.6) is 11.5 Å². The molecule has 0 spiro atoms. The first-order chi connectivity index (χ1) is 16.5. The molecule has 34 heavy (non-hydrogen) atoms. The molecule has 4 nitrogen and oxygen atoms in total. The number of aryl methyl sites for hydroxylation is 3. The summed E-state index contributed by atoms with van der Waals surface area (Å²) in [5, 5.41) is 2.76. The van der Waals surface area contributed by atoms with Gasteiger partial charge in [-0.2, -0.15) is 4.57 Å². The van der Waals surface area contributed by atoms with Crippen molar-refractivity contribution in [2.75, 3.05) is 25.7 Å². The Bertz CT molecular complexity index is 1440. The predicted molar refractivity (Wildman–Crippen MR) is 142 cm³/mol. The fraction of sp³-hybridized carbons (Fsp3) is 0.321. The summed E-state index contributed by atoms with van der Waals surface area (Å²) >= 11 is 3.76. The monoisotopic (exact) mass is 489 g/mol. The van der Waals surface area contributed by atoms with Gasteiger partial charge >= 0.3 is 0 Å². The van der Waals surface area contributed by atoms with Crippen molar-refractivity contribution in [1.82, 2.24) is 0 Å². The largest absolute Gasteiger partial charge is 0.496 e. The Morgan fingerprint density at radius 1 is 1.03 bits per heavy atom. The second-order valence-corrected chi connectivity index (χ2v) is 11.3. The molecule has 0 saturated heterocycles. The third-order valence-corrected chi connectivity index (χ3v) is 9.45. The lowest BCUT2D eigenvalue weighted by atomic mass is 10.1. The molecule has 0 unspecified atom stereocenters. The van der Waals surface area contributed by atoms with Gasteiger partial charge in [0.1, 0.15) is 16.2 Å². The summed E-state index contributed by atoms with van der Waals surface area (Å²) in [5.74, 6) is 1.94. The molecule has 3 aromatic rings. The maximum Gasteiger partial charge on any atom is 0.266 e. The Labute approximate surface area is 209 Å². The van der Waals surface area contributed by atoms with Crippen LogP contribution in [0.15, 0.2) is 57.5 Å². The van der Waals surface area contributed by atoms with E-state index in [1.807, 2.05) is 23.1 Å². The van der Waals surface area contributed by atoms with Crippen LogP contribution in [0.25, 0.3) is 15.8 Å². The van der Waals surface area contributed by atoms with Gasteiger partial charge in [-0.15, -0.1) is 0 Å². The molecule has 0 aliphatic carbocycles. The summed E-state index contributed by atoms with van der Waals surface area (Å²) < 4.78 is 14.9. The summed E-state index contributed by atoms with van der Waals surface area (Å²) in [6.45, 7) is 8.59. The molecule has 2 aromatic carbocycles. The van der Waals surface area contributed by atoms with Gasteiger partial charge in [0.2, 0.25) is 5.52 Å². The molecule has 3 aliphatic heterocycles. The summed E-state index contributed by atoms with van der Waals surface area (Å²) in [7, 11) is 3.50. The second-order valence-electron chi connectivity index (χ2n) is 9.28. The molecule has 6 heteroatoms. The van der Waals surface area contributed by atoms with Crippen LogP contribution in [0.4, 0.5) is 5.69 Å². The van der Waals surface area contributed by atoms with Crippen LogP contribution in [0.2, 0.25) is 0 Å². The fourth-order valence-corrected chi connectivity index (χ4v) is 7.81. The normalized spacial score (nSPS) is 18.2. The lowest BCUT2D eigenvalue weighted by molar-refractivity contribution is -0.659. The number of thiazole rings is 1. The Balaban J connectivity index is 1.32. The minimum atomic E-state index is 0.969. The maximum absolute atomic E-state index is 5.55. The fourth-order valence-electron chi connectivity index (χ4n) is 5.33. The smallest absolute Gasteiger partial charge is 0.266 e. The number of methoxy groups -OCH3 is 2. The van der Waals surface area contributed by atoms with Crippen molar-refractivity contribution in [2.24, 2.45) is 0 Å². The van der Waals surface area contributed by atoms with E-state index in [1.54, 1.807) is 14.2 Å². The molecule has 0 fully saturated rings. The molecule has 0 amide bonds. The number of hydrogen-bond acceptors (Lipinski definition) is 5. The summed E-state index contributed by atoms with van der Waals surface area (Å²) in [4.78, 5) is 3.77. The third-order valence-electron chi connectivity index (χ3n) is 7.00. The number of ether oxygens (including phenoxy) is 2. The zero-order valence-corrected chi connectivity index (χ0v) is 22.0. The van der Waals surface area contributed by atoms with E-state index in [0.717, 1.165) is 37.4 Å². The van der Waals surface area contributed by atoms with E-state index in [9.17, 15) is 0 Å². The van der Waals surface area contributed by atoms with E-state index in [0.29, 0.717) is 0 Å². The molecule has 0 atom stereocenters. The summed E-state index contributed by atoms with van der Waals surface area (Å²) in [6.07, 6.45) is 6.98. The van der Waals surface area contributed by atoms with E-state index in [2.05, 4.69) is 66.7 Å². The molecule has 0 bridgehead atoms. The van der Waals surface area contributed by atoms with Gasteiger partial charge < -0.3 is 14.4 Å². The van der Waals surface area contributed by atoms with Crippen LogP contribution in [-0.2, 0) is 6.54 Å². The SMILES string of the molecule is COc1cc2c(cc1C)N1CCC(/C=C(C)/C=C3\CC[n+]4c3sc3cc(OC)c(C)cc34)=C1S2. The molecule has 6 rings (SSSR count). The second kappa shape index (κ2) is 8.21. The number of fused-ring (bicyclic) bond motifs is 6. The first-order valence-corrected chi connectivity index (χ1v) is 13.4. The van der Waals surface area contributed by atoms with E-state index < -0.39 is 0 Å². The number of nitrogens with zero attached hydrogens (tertiary/aromatic N) is 2. The van der Waals surface area contributed by atoms with Gasteiger partial charge in [-0.1, -0.05) is 34.7 Å². The zero-order valence-electron chi connectivity index (χ0n) is 20.3.